The second-order valence-electron chi connectivity index (χ2n) is 4.60. The minimum absolute atomic E-state index is 0.120. The SMILES string of the molecule is Cc1cc(C)c(CC(C)(Cl)CI)c(C)c1. The molecule has 0 aliphatic carbocycles. The van der Waals surface area contributed by atoms with Gasteiger partial charge >= 0.3 is 0 Å². The fourth-order valence-electron chi connectivity index (χ4n) is 1.90. The predicted octanol–water partition coefficient (Wildman–Crippen LogP) is 4.59. The maximum atomic E-state index is 6.43. The van der Waals surface area contributed by atoms with E-state index < -0.39 is 0 Å². The molecule has 1 aromatic carbocycles. The largest absolute Gasteiger partial charge is 0.118 e. The summed E-state index contributed by atoms with van der Waals surface area (Å²) in [6.45, 7) is 8.60. The third-order valence-electron chi connectivity index (χ3n) is 2.66. The highest BCUT2D eigenvalue weighted by molar-refractivity contribution is 14.1. The molecule has 0 amide bonds. The van der Waals surface area contributed by atoms with Gasteiger partial charge in [0.05, 0.1) is 4.87 Å². The van der Waals surface area contributed by atoms with E-state index in [0.717, 1.165) is 10.8 Å². The molecule has 0 spiro atoms. The summed E-state index contributed by atoms with van der Waals surface area (Å²) in [5, 5.41) is 0. The molecule has 15 heavy (non-hydrogen) atoms. The van der Waals surface area contributed by atoms with Crippen molar-refractivity contribution in [3.63, 3.8) is 0 Å². The number of alkyl halides is 2. The van der Waals surface area contributed by atoms with Gasteiger partial charge in [-0.05, 0) is 50.8 Å². The summed E-state index contributed by atoms with van der Waals surface area (Å²) in [7, 11) is 0. The Hall–Kier alpha value is 0.240. The molecule has 2 heteroatoms. The molecule has 0 bridgehead atoms. The lowest BCUT2D eigenvalue weighted by Gasteiger charge is -2.22. The van der Waals surface area contributed by atoms with Gasteiger partial charge in [0, 0.05) is 4.43 Å². The van der Waals surface area contributed by atoms with Gasteiger partial charge in [0.1, 0.15) is 0 Å². The molecule has 0 radical (unpaired) electrons. The molecule has 0 N–H and O–H groups in total. The van der Waals surface area contributed by atoms with E-state index >= 15 is 0 Å². The quantitative estimate of drug-likeness (QED) is 0.559. The van der Waals surface area contributed by atoms with Gasteiger partial charge in [-0.25, -0.2) is 0 Å². The van der Waals surface area contributed by atoms with Gasteiger partial charge in [0.25, 0.3) is 0 Å². The van der Waals surface area contributed by atoms with Crippen LogP contribution >= 0.6 is 34.2 Å². The van der Waals surface area contributed by atoms with E-state index in [2.05, 4.69) is 62.4 Å². The van der Waals surface area contributed by atoms with Crippen LogP contribution in [0, 0.1) is 20.8 Å². The van der Waals surface area contributed by atoms with E-state index in [4.69, 9.17) is 11.6 Å². The lowest BCUT2D eigenvalue weighted by atomic mass is 9.92. The summed E-state index contributed by atoms with van der Waals surface area (Å²) in [5.74, 6) is 0. The van der Waals surface area contributed by atoms with Crippen LogP contribution in [0.2, 0.25) is 0 Å². The van der Waals surface area contributed by atoms with Crippen LogP contribution in [-0.4, -0.2) is 9.30 Å². The third-order valence-corrected chi connectivity index (χ3v) is 5.07. The van der Waals surface area contributed by atoms with Gasteiger partial charge in [0.15, 0.2) is 0 Å². The molecule has 0 saturated carbocycles. The number of aryl methyl sites for hydroxylation is 3. The number of benzene rings is 1. The van der Waals surface area contributed by atoms with E-state index in [1.54, 1.807) is 0 Å². The molecular weight excluding hydrogens is 319 g/mol. The van der Waals surface area contributed by atoms with Gasteiger partial charge in [-0.2, -0.15) is 0 Å². The van der Waals surface area contributed by atoms with Crippen LogP contribution in [0.5, 0.6) is 0 Å². The third kappa shape index (κ3) is 3.63. The lowest BCUT2D eigenvalue weighted by Crippen LogP contribution is -2.22. The van der Waals surface area contributed by atoms with Gasteiger partial charge in [-0.3, -0.25) is 0 Å². The molecule has 1 unspecified atom stereocenters. The first-order valence-electron chi connectivity index (χ1n) is 5.17. The maximum absolute atomic E-state index is 6.43. The molecular formula is C13H18ClI. The Balaban J connectivity index is 3.05. The maximum Gasteiger partial charge on any atom is 0.0548 e. The first-order valence-corrected chi connectivity index (χ1v) is 7.08. The summed E-state index contributed by atoms with van der Waals surface area (Å²) in [4.78, 5) is -0.120. The molecule has 0 saturated heterocycles. The van der Waals surface area contributed by atoms with Crippen LogP contribution in [0.15, 0.2) is 12.1 Å². The molecule has 0 aliphatic heterocycles. The lowest BCUT2D eigenvalue weighted by molar-refractivity contribution is 0.708. The number of hydrogen-bond acceptors (Lipinski definition) is 0. The Labute approximate surface area is 112 Å². The molecule has 0 aromatic heterocycles. The highest BCUT2D eigenvalue weighted by Crippen LogP contribution is 2.27. The fourth-order valence-corrected chi connectivity index (χ4v) is 2.31. The standard InChI is InChI=1S/C13H18ClI/c1-9-5-10(2)12(11(3)6-9)7-13(4,14)8-15/h5-6H,7-8H2,1-4H3. The first-order chi connectivity index (χ1) is 6.85. The van der Waals surface area contributed by atoms with Crippen LogP contribution in [0.3, 0.4) is 0 Å². The minimum atomic E-state index is -0.120. The van der Waals surface area contributed by atoms with Gasteiger partial charge in [-0.1, -0.05) is 40.3 Å². The van der Waals surface area contributed by atoms with Crippen molar-refractivity contribution in [1.82, 2.24) is 0 Å². The van der Waals surface area contributed by atoms with E-state index in [1.165, 1.54) is 22.3 Å². The molecule has 1 atom stereocenters. The fraction of sp³-hybridized carbons (Fsp3) is 0.538. The van der Waals surface area contributed by atoms with Crippen LogP contribution < -0.4 is 0 Å². The van der Waals surface area contributed by atoms with Crippen molar-refractivity contribution in [2.45, 2.75) is 39.0 Å². The Morgan fingerprint density at radius 1 is 1.20 bits per heavy atom. The average molecular weight is 337 g/mol. The van der Waals surface area contributed by atoms with Crippen molar-refractivity contribution in [2.24, 2.45) is 0 Å². The summed E-state index contributed by atoms with van der Waals surface area (Å²) in [5.41, 5.74) is 5.47. The second kappa shape index (κ2) is 5.05. The molecule has 0 fully saturated rings. The second-order valence-corrected chi connectivity index (χ2v) is 6.28. The van der Waals surface area contributed by atoms with Crippen molar-refractivity contribution < 1.29 is 0 Å². The molecule has 0 heterocycles. The van der Waals surface area contributed by atoms with Gasteiger partial charge in [-0.15, -0.1) is 11.6 Å². The summed E-state index contributed by atoms with van der Waals surface area (Å²) in [6.07, 6.45) is 0.954. The number of halogens is 2. The minimum Gasteiger partial charge on any atom is -0.118 e. The van der Waals surface area contributed by atoms with Crippen LogP contribution in [-0.2, 0) is 6.42 Å². The van der Waals surface area contributed by atoms with Gasteiger partial charge < -0.3 is 0 Å². The van der Waals surface area contributed by atoms with Crippen LogP contribution in [0.25, 0.3) is 0 Å². The van der Waals surface area contributed by atoms with Crippen molar-refractivity contribution >= 4 is 34.2 Å². The summed E-state index contributed by atoms with van der Waals surface area (Å²) < 4.78 is 0.971. The van der Waals surface area contributed by atoms with Crippen molar-refractivity contribution in [3.05, 3.63) is 34.4 Å². The Morgan fingerprint density at radius 2 is 1.67 bits per heavy atom. The smallest absolute Gasteiger partial charge is 0.0548 e. The summed E-state index contributed by atoms with van der Waals surface area (Å²) >= 11 is 8.79. The van der Waals surface area contributed by atoms with Crippen molar-refractivity contribution in [1.29, 1.82) is 0 Å². The van der Waals surface area contributed by atoms with Crippen LogP contribution in [0.1, 0.15) is 29.2 Å². The Bertz CT molecular complexity index is 333. The Kier molecular flexibility index (Phi) is 4.48. The zero-order valence-corrected chi connectivity index (χ0v) is 12.7. The zero-order valence-electron chi connectivity index (χ0n) is 9.82. The Morgan fingerprint density at radius 3 is 2.07 bits per heavy atom. The summed E-state index contributed by atoms with van der Waals surface area (Å²) in [6, 6.07) is 4.48. The van der Waals surface area contributed by atoms with Crippen LogP contribution in [0.4, 0.5) is 0 Å². The van der Waals surface area contributed by atoms with E-state index in [-0.39, 0.29) is 4.87 Å². The van der Waals surface area contributed by atoms with Crippen molar-refractivity contribution in [3.8, 4) is 0 Å². The number of rotatable bonds is 3. The van der Waals surface area contributed by atoms with E-state index in [1.807, 2.05) is 0 Å². The zero-order chi connectivity index (χ0) is 11.6. The topological polar surface area (TPSA) is 0 Å². The monoisotopic (exact) mass is 336 g/mol. The van der Waals surface area contributed by atoms with Gasteiger partial charge in [0.2, 0.25) is 0 Å². The van der Waals surface area contributed by atoms with E-state index in [0.29, 0.717) is 0 Å². The molecule has 84 valence electrons. The molecule has 0 aliphatic rings. The van der Waals surface area contributed by atoms with Crippen molar-refractivity contribution in [2.75, 3.05) is 4.43 Å². The highest BCUT2D eigenvalue weighted by atomic mass is 127. The normalized spacial score (nSPS) is 15.1. The highest BCUT2D eigenvalue weighted by Gasteiger charge is 2.21. The van der Waals surface area contributed by atoms with E-state index in [9.17, 15) is 0 Å². The predicted molar refractivity (Wildman–Crippen MR) is 77.5 cm³/mol. The first kappa shape index (κ1) is 13.3. The molecule has 1 aromatic rings. The molecule has 1 rings (SSSR count). The molecule has 0 nitrogen and oxygen atoms in total. The average Bonchev–Trinajstić information content (AvgIpc) is 2.11. The number of hydrogen-bond donors (Lipinski definition) is 0.